The molecule has 0 spiro atoms. The molecule has 142 valence electrons. The molecule has 2 fully saturated rings. The van der Waals surface area contributed by atoms with E-state index >= 15 is 0 Å². The van der Waals surface area contributed by atoms with Crippen molar-refractivity contribution in [2.24, 2.45) is 4.99 Å². The first-order chi connectivity index (χ1) is 11.8. The van der Waals surface area contributed by atoms with Gasteiger partial charge in [-0.2, -0.15) is 16.9 Å². The van der Waals surface area contributed by atoms with Gasteiger partial charge in [0.05, 0.1) is 18.3 Å². The molecule has 2 aliphatic rings. The van der Waals surface area contributed by atoms with Gasteiger partial charge < -0.3 is 10.2 Å². The molecular weight excluding hydrogens is 445 g/mol. The highest BCUT2D eigenvalue weighted by atomic mass is 127. The zero-order chi connectivity index (χ0) is 16.8. The van der Waals surface area contributed by atoms with Crippen molar-refractivity contribution in [3.63, 3.8) is 0 Å². The largest absolute Gasteiger partial charge is 0.357 e. The molecule has 0 radical (unpaired) electrons. The van der Waals surface area contributed by atoms with Crippen molar-refractivity contribution < 1.29 is 0 Å². The topological polar surface area (TPSA) is 45.5 Å². The van der Waals surface area contributed by atoms with Crippen molar-refractivity contribution in [1.29, 1.82) is 0 Å². The number of rotatable bonds is 5. The molecule has 0 amide bonds. The van der Waals surface area contributed by atoms with Crippen LogP contribution in [0, 0.1) is 0 Å². The van der Waals surface area contributed by atoms with Crippen LogP contribution >= 0.6 is 35.7 Å². The summed E-state index contributed by atoms with van der Waals surface area (Å²) in [7, 11) is 0. The van der Waals surface area contributed by atoms with E-state index in [0.29, 0.717) is 12.6 Å². The summed E-state index contributed by atoms with van der Waals surface area (Å²) >= 11 is 2.09. The second-order valence-electron chi connectivity index (χ2n) is 6.74. The molecule has 1 saturated carbocycles. The highest BCUT2D eigenvalue weighted by Crippen LogP contribution is 2.28. The lowest BCUT2D eigenvalue weighted by atomic mass is 10.3. The van der Waals surface area contributed by atoms with Crippen LogP contribution in [0.1, 0.15) is 57.7 Å². The average molecular weight is 477 g/mol. The van der Waals surface area contributed by atoms with Gasteiger partial charge in [-0.05, 0) is 32.3 Å². The summed E-state index contributed by atoms with van der Waals surface area (Å²) in [5, 5.41) is 8.95. The van der Waals surface area contributed by atoms with Gasteiger partial charge in [0.15, 0.2) is 5.96 Å². The first-order valence-corrected chi connectivity index (χ1v) is 10.5. The van der Waals surface area contributed by atoms with Gasteiger partial charge in [-0.3, -0.25) is 4.68 Å². The second kappa shape index (κ2) is 10.6. The lowest BCUT2D eigenvalue weighted by Crippen LogP contribution is -2.48. The normalized spacial score (nSPS) is 22.1. The van der Waals surface area contributed by atoms with Crippen LogP contribution in [0.3, 0.4) is 0 Å². The number of aromatic nitrogens is 2. The van der Waals surface area contributed by atoms with E-state index in [9.17, 15) is 0 Å². The third kappa shape index (κ3) is 5.77. The van der Waals surface area contributed by atoms with E-state index in [-0.39, 0.29) is 24.0 Å². The first-order valence-electron chi connectivity index (χ1n) is 9.49. The van der Waals surface area contributed by atoms with Gasteiger partial charge in [0.2, 0.25) is 0 Å². The predicted molar refractivity (Wildman–Crippen MR) is 118 cm³/mol. The van der Waals surface area contributed by atoms with Crippen molar-refractivity contribution >= 4 is 41.7 Å². The van der Waals surface area contributed by atoms with Gasteiger partial charge in [0.1, 0.15) is 0 Å². The number of halogens is 1. The Morgan fingerprint density at radius 1 is 1.36 bits per heavy atom. The molecule has 2 heterocycles. The number of thioether (sulfide) groups is 1. The Morgan fingerprint density at radius 3 is 2.88 bits per heavy atom. The van der Waals surface area contributed by atoms with Crippen LogP contribution in [-0.4, -0.2) is 51.3 Å². The minimum absolute atomic E-state index is 0. The van der Waals surface area contributed by atoms with Crippen molar-refractivity contribution in [3.8, 4) is 0 Å². The standard InChI is InChI=1S/C18H31N5S.HI/c1-3-17-14-22(11-12-24-17)18(19-4-2)20-13-15-9-10-23(21-15)16-7-5-6-8-16;/h9-10,16-17H,3-8,11-14H2,1-2H3,(H,19,20);1H. The fourth-order valence-electron chi connectivity index (χ4n) is 3.57. The lowest BCUT2D eigenvalue weighted by Gasteiger charge is -2.34. The molecule has 1 saturated heterocycles. The van der Waals surface area contributed by atoms with E-state index in [2.05, 4.69) is 52.8 Å². The SMILES string of the molecule is CCNC(=NCc1ccn(C2CCCC2)n1)N1CCSC(CC)C1.I. The molecule has 0 aromatic carbocycles. The average Bonchev–Trinajstić information content (AvgIpc) is 3.30. The van der Waals surface area contributed by atoms with E-state index in [0.717, 1.165) is 36.5 Å². The molecular formula is C18H32IN5S. The van der Waals surface area contributed by atoms with Crippen molar-refractivity contribution in [3.05, 3.63) is 18.0 Å². The van der Waals surface area contributed by atoms with Crippen molar-refractivity contribution in [1.82, 2.24) is 20.0 Å². The third-order valence-corrected chi connectivity index (χ3v) is 6.35. The van der Waals surface area contributed by atoms with E-state index in [1.807, 2.05) is 0 Å². The molecule has 1 aliphatic carbocycles. The summed E-state index contributed by atoms with van der Waals surface area (Å²) in [5.41, 5.74) is 1.08. The smallest absolute Gasteiger partial charge is 0.194 e. The zero-order valence-electron chi connectivity index (χ0n) is 15.5. The van der Waals surface area contributed by atoms with Crippen LogP contribution in [-0.2, 0) is 6.54 Å². The second-order valence-corrected chi connectivity index (χ2v) is 8.15. The van der Waals surface area contributed by atoms with Crippen LogP contribution in [0.2, 0.25) is 0 Å². The molecule has 25 heavy (non-hydrogen) atoms. The van der Waals surface area contributed by atoms with Crippen LogP contribution in [0.25, 0.3) is 0 Å². The lowest BCUT2D eigenvalue weighted by molar-refractivity contribution is 0.408. The number of nitrogens with zero attached hydrogens (tertiary/aromatic N) is 4. The Hall–Kier alpha value is -0.440. The van der Waals surface area contributed by atoms with Gasteiger partial charge >= 0.3 is 0 Å². The Balaban J connectivity index is 0.00000225. The molecule has 7 heteroatoms. The van der Waals surface area contributed by atoms with Crippen molar-refractivity contribution in [2.45, 2.75) is 63.8 Å². The summed E-state index contributed by atoms with van der Waals surface area (Å²) in [5.74, 6) is 2.24. The predicted octanol–water partition coefficient (Wildman–Crippen LogP) is 3.91. The Labute approximate surface area is 173 Å². The zero-order valence-corrected chi connectivity index (χ0v) is 18.6. The van der Waals surface area contributed by atoms with Crippen LogP contribution in [0.4, 0.5) is 0 Å². The van der Waals surface area contributed by atoms with Crippen LogP contribution in [0.5, 0.6) is 0 Å². The maximum atomic E-state index is 4.86. The van der Waals surface area contributed by atoms with Crippen molar-refractivity contribution in [2.75, 3.05) is 25.4 Å². The number of aliphatic imine (C=N–C) groups is 1. The van der Waals surface area contributed by atoms with Gasteiger partial charge in [-0.15, -0.1) is 24.0 Å². The monoisotopic (exact) mass is 477 g/mol. The molecule has 1 N–H and O–H groups in total. The number of hydrogen-bond acceptors (Lipinski definition) is 3. The van der Waals surface area contributed by atoms with Gasteiger partial charge in [0.25, 0.3) is 0 Å². The van der Waals surface area contributed by atoms with E-state index in [1.165, 1.54) is 37.9 Å². The molecule has 1 aromatic heterocycles. The summed E-state index contributed by atoms with van der Waals surface area (Å²) in [6.07, 6.45) is 8.60. The Kier molecular flexibility index (Phi) is 8.89. The summed E-state index contributed by atoms with van der Waals surface area (Å²) in [6.45, 7) is 8.19. The Morgan fingerprint density at radius 2 is 2.16 bits per heavy atom. The van der Waals surface area contributed by atoms with Gasteiger partial charge in [-0.25, -0.2) is 4.99 Å². The van der Waals surface area contributed by atoms with E-state index < -0.39 is 0 Å². The highest BCUT2D eigenvalue weighted by molar-refractivity contribution is 14.0. The number of nitrogens with one attached hydrogen (secondary N) is 1. The molecule has 5 nitrogen and oxygen atoms in total. The van der Waals surface area contributed by atoms with E-state index in [1.54, 1.807) is 0 Å². The van der Waals surface area contributed by atoms with Crippen LogP contribution < -0.4 is 5.32 Å². The fourth-order valence-corrected chi connectivity index (χ4v) is 4.75. The Bertz CT molecular complexity index is 541. The summed E-state index contributed by atoms with van der Waals surface area (Å²) in [4.78, 5) is 7.28. The third-order valence-electron chi connectivity index (χ3n) is 4.98. The minimum Gasteiger partial charge on any atom is -0.357 e. The molecule has 0 bridgehead atoms. The summed E-state index contributed by atoms with van der Waals surface area (Å²) < 4.78 is 2.16. The molecule has 1 atom stereocenters. The fraction of sp³-hybridized carbons (Fsp3) is 0.778. The molecule has 3 rings (SSSR count). The van der Waals surface area contributed by atoms with Gasteiger partial charge in [0, 0.05) is 36.8 Å². The van der Waals surface area contributed by atoms with Gasteiger partial charge in [-0.1, -0.05) is 19.8 Å². The molecule has 1 aromatic rings. The maximum Gasteiger partial charge on any atom is 0.194 e. The highest BCUT2D eigenvalue weighted by Gasteiger charge is 2.21. The van der Waals surface area contributed by atoms with Crippen LogP contribution in [0.15, 0.2) is 17.3 Å². The first kappa shape index (κ1) is 20.9. The quantitative estimate of drug-likeness (QED) is 0.397. The maximum absolute atomic E-state index is 4.86. The van der Waals surface area contributed by atoms with E-state index in [4.69, 9.17) is 10.1 Å². The summed E-state index contributed by atoms with van der Waals surface area (Å²) in [6, 6.07) is 2.74. The number of hydrogen-bond donors (Lipinski definition) is 1. The molecule has 1 unspecified atom stereocenters. The minimum atomic E-state index is 0. The number of guanidine groups is 1. The molecule has 1 aliphatic heterocycles.